The number of nitrogens with zero attached hydrogens (tertiary/aromatic N) is 1. The Bertz CT molecular complexity index is 308. The highest BCUT2D eigenvalue weighted by Crippen LogP contribution is 2.04. The van der Waals surface area contributed by atoms with Gasteiger partial charge >= 0.3 is 0 Å². The smallest absolute Gasteiger partial charge is 0.252 e. The normalized spacial score (nSPS) is 9.73. The largest absolute Gasteiger partial charge is 0.370 e. The zero-order chi connectivity index (χ0) is 11.1. The zero-order valence-electron chi connectivity index (χ0n) is 9.21. The fourth-order valence-corrected chi connectivity index (χ4v) is 1.15. The molecule has 0 atom stereocenters. The summed E-state index contributed by atoms with van der Waals surface area (Å²) in [5.41, 5.74) is 0.602. The van der Waals surface area contributed by atoms with Crippen LogP contribution in [0, 0.1) is 0 Å². The molecule has 0 aliphatic rings. The molecule has 4 nitrogen and oxygen atoms in total. The van der Waals surface area contributed by atoms with Crippen LogP contribution in [-0.2, 0) is 0 Å². The Morgan fingerprint density at radius 1 is 1.40 bits per heavy atom. The Kier molecular flexibility index (Phi) is 4.60. The summed E-state index contributed by atoms with van der Waals surface area (Å²) in [5, 5.41) is 5.87. The molecule has 0 aromatic carbocycles. The summed E-state index contributed by atoms with van der Waals surface area (Å²) in [7, 11) is 0. The lowest BCUT2D eigenvalue weighted by Crippen LogP contribution is -2.24. The topological polar surface area (TPSA) is 54.0 Å². The number of carbonyl (C=O) groups excluding carboxylic acids is 1. The molecule has 1 aromatic rings. The predicted octanol–water partition coefficient (Wildman–Crippen LogP) is 1.65. The first-order chi connectivity index (χ1) is 7.27. The van der Waals surface area contributed by atoms with Crippen molar-refractivity contribution >= 4 is 11.7 Å². The molecule has 2 N–H and O–H groups in total. The molecule has 0 spiro atoms. The van der Waals surface area contributed by atoms with Gasteiger partial charge in [0.05, 0.1) is 5.56 Å². The summed E-state index contributed by atoms with van der Waals surface area (Å²) in [6.45, 7) is 5.55. The van der Waals surface area contributed by atoms with E-state index in [0.29, 0.717) is 12.1 Å². The molecule has 82 valence electrons. The minimum absolute atomic E-state index is 0.0626. The van der Waals surface area contributed by atoms with E-state index >= 15 is 0 Å². The van der Waals surface area contributed by atoms with Gasteiger partial charge in [-0.1, -0.05) is 6.92 Å². The third-order valence-corrected chi connectivity index (χ3v) is 1.92. The zero-order valence-corrected chi connectivity index (χ0v) is 9.21. The average molecular weight is 207 g/mol. The minimum Gasteiger partial charge on any atom is -0.370 e. The quantitative estimate of drug-likeness (QED) is 0.772. The van der Waals surface area contributed by atoms with E-state index in [9.17, 15) is 4.79 Å². The number of hydrogen-bond acceptors (Lipinski definition) is 3. The number of carbonyl (C=O) groups is 1. The Balaban J connectivity index is 2.58. The van der Waals surface area contributed by atoms with E-state index in [1.54, 1.807) is 12.3 Å². The molecule has 15 heavy (non-hydrogen) atoms. The molecule has 0 radical (unpaired) electrons. The van der Waals surface area contributed by atoms with E-state index in [1.165, 1.54) is 0 Å². The molecule has 0 fully saturated rings. The van der Waals surface area contributed by atoms with Gasteiger partial charge in [-0.15, -0.1) is 0 Å². The Morgan fingerprint density at radius 2 is 2.20 bits per heavy atom. The molecule has 1 aromatic heterocycles. The van der Waals surface area contributed by atoms with Gasteiger partial charge in [-0.2, -0.15) is 0 Å². The summed E-state index contributed by atoms with van der Waals surface area (Å²) >= 11 is 0. The SMILES string of the molecule is CCCNC(=O)c1ccc(NCC)nc1. The maximum atomic E-state index is 11.5. The second-order valence-electron chi connectivity index (χ2n) is 3.22. The molecule has 0 bridgehead atoms. The van der Waals surface area contributed by atoms with Crippen molar-refractivity contribution in [2.75, 3.05) is 18.4 Å². The Hall–Kier alpha value is -1.58. The number of nitrogens with one attached hydrogen (secondary N) is 2. The van der Waals surface area contributed by atoms with Gasteiger partial charge < -0.3 is 10.6 Å². The van der Waals surface area contributed by atoms with Crippen LogP contribution in [0.25, 0.3) is 0 Å². The van der Waals surface area contributed by atoms with Crippen molar-refractivity contribution in [1.82, 2.24) is 10.3 Å². The lowest BCUT2D eigenvalue weighted by molar-refractivity contribution is 0.0953. The highest BCUT2D eigenvalue weighted by atomic mass is 16.1. The lowest BCUT2D eigenvalue weighted by Gasteiger charge is -2.04. The fraction of sp³-hybridized carbons (Fsp3) is 0.455. The molecule has 0 unspecified atom stereocenters. The highest BCUT2D eigenvalue weighted by molar-refractivity contribution is 5.93. The van der Waals surface area contributed by atoms with Crippen LogP contribution < -0.4 is 10.6 Å². The number of pyridine rings is 1. The monoisotopic (exact) mass is 207 g/mol. The van der Waals surface area contributed by atoms with Gasteiger partial charge in [-0.3, -0.25) is 4.79 Å². The van der Waals surface area contributed by atoms with E-state index < -0.39 is 0 Å². The first-order valence-corrected chi connectivity index (χ1v) is 5.26. The minimum atomic E-state index is -0.0626. The molecule has 0 saturated carbocycles. The van der Waals surface area contributed by atoms with Crippen molar-refractivity contribution in [1.29, 1.82) is 0 Å². The molecular weight excluding hydrogens is 190 g/mol. The average Bonchev–Trinajstić information content (AvgIpc) is 2.27. The number of hydrogen-bond donors (Lipinski definition) is 2. The molecule has 0 aliphatic heterocycles. The predicted molar refractivity (Wildman–Crippen MR) is 61.0 cm³/mol. The van der Waals surface area contributed by atoms with E-state index in [-0.39, 0.29) is 5.91 Å². The lowest BCUT2D eigenvalue weighted by atomic mass is 10.2. The van der Waals surface area contributed by atoms with E-state index in [4.69, 9.17) is 0 Å². The summed E-state index contributed by atoms with van der Waals surface area (Å²) in [6, 6.07) is 3.58. The third-order valence-electron chi connectivity index (χ3n) is 1.92. The third kappa shape index (κ3) is 3.58. The maximum absolute atomic E-state index is 11.5. The van der Waals surface area contributed by atoms with Crippen molar-refractivity contribution in [2.45, 2.75) is 20.3 Å². The van der Waals surface area contributed by atoms with Crippen molar-refractivity contribution < 1.29 is 4.79 Å². The van der Waals surface area contributed by atoms with E-state index in [2.05, 4.69) is 15.6 Å². The standard InChI is InChI=1S/C11H17N3O/c1-3-7-13-11(15)9-5-6-10(12-4-2)14-8-9/h5-6,8H,3-4,7H2,1-2H3,(H,12,14)(H,13,15). The number of rotatable bonds is 5. The Labute approximate surface area is 90.1 Å². The van der Waals surface area contributed by atoms with Crippen molar-refractivity contribution in [3.05, 3.63) is 23.9 Å². The van der Waals surface area contributed by atoms with E-state index in [0.717, 1.165) is 18.8 Å². The number of amides is 1. The van der Waals surface area contributed by atoms with Crippen molar-refractivity contribution in [2.24, 2.45) is 0 Å². The van der Waals surface area contributed by atoms with Crippen LogP contribution in [0.3, 0.4) is 0 Å². The summed E-state index contributed by atoms with van der Waals surface area (Å²) < 4.78 is 0. The summed E-state index contributed by atoms with van der Waals surface area (Å²) in [5.74, 6) is 0.733. The van der Waals surface area contributed by atoms with Gasteiger partial charge in [0.1, 0.15) is 5.82 Å². The summed E-state index contributed by atoms with van der Waals surface area (Å²) in [6.07, 6.45) is 2.53. The maximum Gasteiger partial charge on any atom is 0.252 e. The molecular formula is C11H17N3O. The van der Waals surface area contributed by atoms with Crippen LogP contribution in [0.4, 0.5) is 5.82 Å². The second kappa shape index (κ2) is 6.01. The molecule has 1 heterocycles. The second-order valence-corrected chi connectivity index (χ2v) is 3.22. The molecule has 0 saturated heterocycles. The van der Waals surface area contributed by atoms with Gasteiger partial charge in [-0.25, -0.2) is 4.98 Å². The van der Waals surface area contributed by atoms with Crippen LogP contribution in [-0.4, -0.2) is 24.0 Å². The van der Waals surface area contributed by atoms with Gasteiger partial charge in [0, 0.05) is 19.3 Å². The van der Waals surface area contributed by atoms with Gasteiger partial charge in [0.25, 0.3) is 5.91 Å². The van der Waals surface area contributed by atoms with Crippen LogP contribution in [0.5, 0.6) is 0 Å². The molecule has 1 amide bonds. The van der Waals surface area contributed by atoms with Crippen molar-refractivity contribution in [3.63, 3.8) is 0 Å². The Morgan fingerprint density at radius 3 is 2.73 bits per heavy atom. The van der Waals surface area contributed by atoms with Crippen LogP contribution in [0.2, 0.25) is 0 Å². The van der Waals surface area contributed by atoms with Crippen molar-refractivity contribution in [3.8, 4) is 0 Å². The van der Waals surface area contributed by atoms with Gasteiger partial charge in [0.15, 0.2) is 0 Å². The van der Waals surface area contributed by atoms with E-state index in [1.807, 2.05) is 19.9 Å². The molecule has 4 heteroatoms. The van der Waals surface area contributed by atoms with Gasteiger partial charge in [-0.05, 0) is 25.5 Å². The van der Waals surface area contributed by atoms with Crippen LogP contribution in [0.15, 0.2) is 18.3 Å². The van der Waals surface area contributed by atoms with Gasteiger partial charge in [0.2, 0.25) is 0 Å². The van der Waals surface area contributed by atoms with Crippen LogP contribution in [0.1, 0.15) is 30.6 Å². The number of anilines is 1. The molecule has 0 aliphatic carbocycles. The first-order valence-electron chi connectivity index (χ1n) is 5.26. The first kappa shape index (κ1) is 11.5. The highest BCUT2D eigenvalue weighted by Gasteiger charge is 2.04. The molecule has 1 rings (SSSR count). The fourth-order valence-electron chi connectivity index (χ4n) is 1.15. The number of aromatic nitrogens is 1. The summed E-state index contributed by atoms with van der Waals surface area (Å²) in [4.78, 5) is 15.6. The van der Waals surface area contributed by atoms with Crippen LogP contribution >= 0.6 is 0 Å².